The molecule has 2 fully saturated rings. The summed E-state index contributed by atoms with van der Waals surface area (Å²) in [7, 11) is 0. The van der Waals surface area contributed by atoms with Crippen LogP contribution in [0.5, 0.6) is 0 Å². The Morgan fingerprint density at radius 2 is 1.97 bits per heavy atom. The van der Waals surface area contributed by atoms with Gasteiger partial charge in [0.15, 0.2) is 5.82 Å². The molecule has 3 aromatic rings. The molecule has 0 amide bonds. The Hall–Kier alpha value is -3.08. The van der Waals surface area contributed by atoms with Gasteiger partial charge in [-0.3, -0.25) is 4.79 Å². The Kier molecular flexibility index (Phi) is 5.31. The van der Waals surface area contributed by atoms with Gasteiger partial charge in [0.1, 0.15) is 17.2 Å². The topological polar surface area (TPSA) is 83.8 Å². The summed E-state index contributed by atoms with van der Waals surface area (Å²) < 4.78 is 50.3. The van der Waals surface area contributed by atoms with Crippen LogP contribution in [0.15, 0.2) is 35.3 Å². The van der Waals surface area contributed by atoms with E-state index in [9.17, 15) is 23.5 Å². The van der Waals surface area contributed by atoms with E-state index in [-0.39, 0.29) is 29.0 Å². The number of morpholine rings is 1. The van der Waals surface area contributed by atoms with E-state index in [1.807, 2.05) is 0 Å². The minimum absolute atomic E-state index is 0.0133. The second-order valence-electron chi connectivity index (χ2n) is 7.94. The molecule has 0 bridgehead atoms. The first-order valence-corrected chi connectivity index (χ1v) is 10.5. The number of ether oxygens (including phenoxy) is 1. The highest BCUT2D eigenvalue weighted by Crippen LogP contribution is 2.36. The second kappa shape index (κ2) is 8.05. The number of pyridine rings is 1. The van der Waals surface area contributed by atoms with Crippen molar-refractivity contribution in [1.29, 1.82) is 0 Å². The standard InChI is InChI=1S/C22H17ClF3N3O4/c23-19-18-15(6-16(20(19)26)28-8-13-17(9-28)33-4-3-27-13)29(7-11(21(18)30)22(31)32)14-2-1-10(24)5-12(14)25/h1-2,5-7,13,17,27H,3-4,8-9H2,(H,31,32). The van der Waals surface area contributed by atoms with Crippen molar-refractivity contribution in [3.05, 3.63) is 68.7 Å². The SMILES string of the molecule is O=C(O)c1cn(-c2ccc(F)cc2F)c2cc(N3CC4NCCOC4C3)c(F)c(Cl)c2c1=O. The predicted octanol–water partition coefficient (Wildman–Crippen LogP) is 2.94. The van der Waals surface area contributed by atoms with Gasteiger partial charge in [-0.15, -0.1) is 0 Å². The lowest BCUT2D eigenvalue weighted by molar-refractivity contribution is 0.0212. The first-order valence-electron chi connectivity index (χ1n) is 10.1. The summed E-state index contributed by atoms with van der Waals surface area (Å²) in [4.78, 5) is 26.2. The zero-order chi connectivity index (χ0) is 23.4. The van der Waals surface area contributed by atoms with E-state index < -0.39 is 44.8 Å². The third kappa shape index (κ3) is 3.54. The van der Waals surface area contributed by atoms with Crippen LogP contribution in [0.2, 0.25) is 5.02 Å². The maximum absolute atomic E-state index is 15.4. The average molecular weight is 480 g/mol. The molecule has 2 aliphatic heterocycles. The minimum Gasteiger partial charge on any atom is -0.477 e. The van der Waals surface area contributed by atoms with Crippen LogP contribution in [-0.2, 0) is 4.74 Å². The van der Waals surface area contributed by atoms with Crippen LogP contribution in [-0.4, -0.2) is 54.0 Å². The van der Waals surface area contributed by atoms with E-state index >= 15 is 4.39 Å². The lowest BCUT2D eigenvalue weighted by Crippen LogP contribution is -2.47. The molecule has 33 heavy (non-hydrogen) atoms. The lowest BCUT2D eigenvalue weighted by Gasteiger charge is -2.25. The van der Waals surface area contributed by atoms with Crippen molar-refractivity contribution >= 4 is 34.2 Å². The van der Waals surface area contributed by atoms with E-state index in [0.29, 0.717) is 32.3 Å². The van der Waals surface area contributed by atoms with Crippen LogP contribution < -0.4 is 15.6 Å². The van der Waals surface area contributed by atoms with Crippen LogP contribution in [0.25, 0.3) is 16.6 Å². The number of anilines is 1. The van der Waals surface area contributed by atoms with Crippen LogP contribution in [0, 0.1) is 17.5 Å². The van der Waals surface area contributed by atoms with Gasteiger partial charge in [0, 0.05) is 31.9 Å². The van der Waals surface area contributed by atoms with Gasteiger partial charge in [-0.1, -0.05) is 11.6 Å². The number of halogens is 4. The second-order valence-corrected chi connectivity index (χ2v) is 8.31. The minimum atomic E-state index is -1.59. The predicted molar refractivity (Wildman–Crippen MR) is 115 cm³/mol. The van der Waals surface area contributed by atoms with E-state index in [2.05, 4.69) is 5.32 Å². The lowest BCUT2D eigenvalue weighted by atomic mass is 10.1. The maximum Gasteiger partial charge on any atom is 0.341 e. The Balaban J connectivity index is 1.78. The highest BCUT2D eigenvalue weighted by molar-refractivity contribution is 6.36. The first kappa shape index (κ1) is 21.7. The first-order chi connectivity index (χ1) is 15.8. The number of carbonyl (C=O) groups is 1. The molecule has 0 spiro atoms. The summed E-state index contributed by atoms with van der Waals surface area (Å²) in [6, 6.07) is 4.00. The van der Waals surface area contributed by atoms with Crippen LogP contribution in [0.3, 0.4) is 0 Å². The van der Waals surface area contributed by atoms with Crippen molar-refractivity contribution in [2.45, 2.75) is 12.1 Å². The molecule has 5 rings (SSSR count). The van der Waals surface area contributed by atoms with E-state index in [1.165, 1.54) is 6.07 Å². The third-order valence-corrected chi connectivity index (χ3v) is 6.36. The van der Waals surface area contributed by atoms with Gasteiger partial charge >= 0.3 is 5.97 Å². The van der Waals surface area contributed by atoms with Crippen LogP contribution in [0.4, 0.5) is 18.9 Å². The summed E-state index contributed by atoms with van der Waals surface area (Å²) in [5, 5.41) is 11.8. The normalized spacial score (nSPS) is 20.3. The fourth-order valence-electron chi connectivity index (χ4n) is 4.45. The van der Waals surface area contributed by atoms with Crippen molar-refractivity contribution in [3.8, 4) is 5.69 Å². The fraction of sp³-hybridized carbons (Fsp3) is 0.273. The molecule has 2 N–H and O–H groups in total. The molecule has 2 atom stereocenters. The van der Waals surface area contributed by atoms with E-state index in [1.54, 1.807) is 4.90 Å². The van der Waals surface area contributed by atoms with Crippen molar-refractivity contribution in [2.75, 3.05) is 31.1 Å². The molecule has 0 radical (unpaired) electrons. The van der Waals surface area contributed by atoms with Crippen LogP contribution >= 0.6 is 11.6 Å². The molecule has 2 unspecified atom stereocenters. The largest absolute Gasteiger partial charge is 0.477 e. The van der Waals surface area contributed by atoms with Gasteiger partial charge < -0.3 is 24.6 Å². The average Bonchev–Trinajstić information content (AvgIpc) is 3.20. The number of nitrogens with one attached hydrogen (secondary N) is 1. The molecule has 2 aliphatic rings. The van der Waals surface area contributed by atoms with Gasteiger partial charge in [0.25, 0.3) is 0 Å². The number of benzene rings is 2. The number of hydrogen-bond donors (Lipinski definition) is 2. The van der Waals surface area contributed by atoms with Crippen molar-refractivity contribution in [2.24, 2.45) is 0 Å². The smallest absolute Gasteiger partial charge is 0.341 e. The Labute approximate surface area is 189 Å². The zero-order valence-corrected chi connectivity index (χ0v) is 17.7. The van der Waals surface area contributed by atoms with Crippen molar-refractivity contribution < 1.29 is 27.8 Å². The van der Waals surface area contributed by atoms with Gasteiger partial charge in [0.05, 0.1) is 46.1 Å². The highest BCUT2D eigenvalue weighted by atomic mass is 35.5. The van der Waals surface area contributed by atoms with Crippen molar-refractivity contribution in [3.63, 3.8) is 0 Å². The number of carboxylic acid groups (broad SMARTS) is 1. The summed E-state index contributed by atoms with van der Waals surface area (Å²) >= 11 is 6.26. The zero-order valence-electron chi connectivity index (χ0n) is 16.9. The number of fused-ring (bicyclic) bond motifs is 2. The Morgan fingerprint density at radius 3 is 2.67 bits per heavy atom. The number of aromatic carboxylic acids is 1. The fourth-order valence-corrected chi connectivity index (χ4v) is 4.73. The number of carboxylic acids is 1. The van der Waals surface area contributed by atoms with Gasteiger partial charge in [-0.25, -0.2) is 18.0 Å². The highest BCUT2D eigenvalue weighted by Gasteiger charge is 2.37. The molecular formula is C22H17ClF3N3O4. The third-order valence-electron chi connectivity index (χ3n) is 6.00. The summed E-state index contributed by atoms with van der Waals surface area (Å²) in [5.74, 6) is -4.32. The molecule has 7 nitrogen and oxygen atoms in total. The molecule has 2 saturated heterocycles. The summed E-state index contributed by atoms with van der Waals surface area (Å²) in [6.07, 6.45) is 0.759. The Bertz CT molecular complexity index is 1350. The quantitative estimate of drug-likeness (QED) is 0.601. The summed E-state index contributed by atoms with van der Waals surface area (Å²) in [6.45, 7) is 1.96. The molecule has 11 heteroatoms. The van der Waals surface area contributed by atoms with Gasteiger partial charge in [-0.2, -0.15) is 0 Å². The van der Waals surface area contributed by atoms with E-state index in [4.69, 9.17) is 16.3 Å². The molecule has 0 aliphatic carbocycles. The molecule has 3 heterocycles. The molecule has 1 aromatic heterocycles. The molecule has 2 aromatic carbocycles. The summed E-state index contributed by atoms with van der Waals surface area (Å²) in [5.41, 5.74) is -1.92. The van der Waals surface area contributed by atoms with Gasteiger partial charge in [0.2, 0.25) is 5.43 Å². The Morgan fingerprint density at radius 1 is 1.18 bits per heavy atom. The maximum atomic E-state index is 15.4. The van der Waals surface area contributed by atoms with E-state index in [0.717, 1.165) is 22.9 Å². The number of aromatic nitrogens is 1. The van der Waals surface area contributed by atoms with Gasteiger partial charge in [-0.05, 0) is 18.2 Å². The van der Waals surface area contributed by atoms with Crippen molar-refractivity contribution in [1.82, 2.24) is 9.88 Å². The molecule has 172 valence electrons. The monoisotopic (exact) mass is 479 g/mol. The number of nitrogens with zero attached hydrogens (tertiary/aromatic N) is 2. The number of hydrogen-bond acceptors (Lipinski definition) is 5. The number of rotatable bonds is 3. The van der Waals surface area contributed by atoms with Crippen LogP contribution in [0.1, 0.15) is 10.4 Å². The molecule has 0 saturated carbocycles. The molecular weight excluding hydrogens is 463 g/mol.